The summed E-state index contributed by atoms with van der Waals surface area (Å²) in [5.41, 5.74) is -1.25. The molecule has 0 saturated heterocycles. The van der Waals surface area contributed by atoms with Gasteiger partial charge >= 0.3 is 18.2 Å². The van der Waals surface area contributed by atoms with Gasteiger partial charge in [-0.05, 0) is 89.6 Å². The van der Waals surface area contributed by atoms with E-state index in [0.29, 0.717) is 25.0 Å². The molecule has 1 unspecified atom stereocenters. The number of carboxylic acids is 1. The lowest BCUT2D eigenvalue weighted by molar-refractivity contribution is -0.140. The van der Waals surface area contributed by atoms with Gasteiger partial charge in [0.25, 0.3) is 0 Å². The molecule has 2 atom stereocenters. The lowest BCUT2D eigenvalue weighted by Crippen LogP contribution is -2.44. The summed E-state index contributed by atoms with van der Waals surface area (Å²) >= 11 is 0. The smallest absolute Gasteiger partial charge is 0.419 e. The van der Waals surface area contributed by atoms with Gasteiger partial charge in [-0.15, -0.1) is 0 Å². The third-order valence-corrected chi connectivity index (χ3v) is 6.72. The molecule has 1 N–H and O–H groups in total. The first-order chi connectivity index (χ1) is 18.2. The Morgan fingerprint density at radius 2 is 1.62 bits per heavy atom. The second kappa shape index (κ2) is 10.4. The molecule has 1 aromatic heterocycles. The maximum atomic E-state index is 12.7. The number of benzene rings is 2. The van der Waals surface area contributed by atoms with Gasteiger partial charge in [0.2, 0.25) is 0 Å². The van der Waals surface area contributed by atoms with E-state index < -0.39 is 34.8 Å². The molecule has 0 spiro atoms. The average Bonchev–Trinajstić information content (AvgIpc) is 3.35. The van der Waals surface area contributed by atoms with Gasteiger partial charge in [0.15, 0.2) is 0 Å². The summed E-state index contributed by atoms with van der Waals surface area (Å²) in [6, 6.07) is 14.1. The van der Waals surface area contributed by atoms with Crippen LogP contribution in [0.2, 0.25) is 0 Å². The highest BCUT2D eigenvalue weighted by Crippen LogP contribution is 2.56. The van der Waals surface area contributed by atoms with Crippen molar-refractivity contribution in [2.75, 3.05) is 6.54 Å². The van der Waals surface area contributed by atoms with Crippen molar-refractivity contribution in [2.45, 2.75) is 77.4 Å². The molecule has 2 amide bonds. The maximum absolute atomic E-state index is 12.7. The monoisotopic (exact) mass is 535 g/mol. The Morgan fingerprint density at radius 1 is 1.00 bits per heavy atom. The molecule has 208 valence electrons. The Hall–Kier alpha value is -3.88. The molecule has 1 aliphatic carbocycles. The van der Waals surface area contributed by atoms with Crippen molar-refractivity contribution in [3.8, 4) is 5.69 Å². The Kier molecular flexibility index (Phi) is 7.47. The van der Waals surface area contributed by atoms with Crippen LogP contribution < -0.4 is 0 Å². The van der Waals surface area contributed by atoms with Crippen molar-refractivity contribution in [3.05, 3.63) is 60.7 Å². The molecule has 1 fully saturated rings. The lowest BCUT2D eigenvalue weighted by Gasteiger charge is -2.28. The molecule has 2 aromatic carbocycles. The number of ether oxygens (including phenoxy) is 2. The van der Waals surface area contributed by atoms with Gasteiger partial charge in [0.1, 0.15) is 16.6 Å². The van der Waals surface area contributed by atoms with E-state index in [1.54, 1.807) is 54.1 Å². The van der Waals surface area contributed by atoms with E-state index in [0.717, 1.165) is 21.4 Å². The number of amides is 2. The summed E-state index contributed by atoms with van der Waals surface area (Å²) in [5.74, 6) is -1.10. The van der Waals surface area contributed by atoms with E-state index in [1.807, 2.05) is 47.0 Å². The number of imidazole rings is 1. The van der Waals surface area contributed by atoms with Crippen LogP contribution in [0.4, 0.5) is 9.59 Å². The molecule has 1 heterocycles. The summed E-state index contributed by atoms with van der Waals surface area (Å²) in [7, 11) is 0. The van der Waals surface area contributed by atoms with E-state index in [2.05, 4.69) is 4.98 Å². The molecule has 1 aliphatic rings. The molecular formula is C30H37N3O6. The van der Waals surface area contributed by atoms with E-state index in [4.69, 9.17) is 9.47 Å². The number of carboxylic acid groups (broad SMARTS) is 1. The predicted molar refractivity (Wildman–Crippen MR) is 147 cm³/mol. The molecule has 0 radical (unpaired) electrons. The highest BCUT2D eigenvalue weighted by Gasteiger charge is 2.62. The van der Waals surface area contributed by atoms with Crippen molar-refractivity contribution in [3.63, 3.8) is 0 Å². The Balaban J connectivity index is 1.45. The minimum atomic E-state index is -1.09. The number of carbonyl (C=O) groups excluding carboxylic acids is 2. The number of fused-ring (bicyclic) bond motifs is 1. The minimum absolute atomic E-state index is 0.0571. The Morgan fingerprint density at radius 3 is 2.21 bits per heavy atom. The lowest BCUT2D eigenvalue weighted by atomic mass is 9.97. The first-order valence-corrected chi connectivity index (χ1v) is 13.2. The van der Waals surface area contributed by atoms with Gasteiger partial charge in [-0.2, -0.15) is 0 Å². The molecule has 9 heteroatoms. The second-order valence-corrected chi connectivity index (χ2v) is 12.1. The normalized spacial score (nSPS) is 19.0. The standard InChI is InChI=1S/C30H37N3O6/c1-28(2,3)38-26(36)33(27(37)39-29(4,5)6)15-9-12-22-17-30(22,25(34)35)24-18-32(19-31-24)23-14-13-20-10-7-8-11-21(20)16-23/h7-8,10-11,13-14,16,18-19,22H,9,12,15,17H2,1-6H3,(H,34,35)/t22-,30?/m0/s1. The van der Waals surface area contributed by atoms with Crippen LogP contribution in [0.5, 0.6) is 0 Å². The highest BCUT2D eigenvalue weighted by molar-refractivity contribution is 5.88. The third-order valence-electron chi connectivity index (χ3n) is 6.72. The van der Waals surface area contributed by atoms with Gasteiger partial charge in [-0.25, -0.2) is 19.5 Å². The zero-order valence-electron chi connectivity index (χ0n) is 23.4. The number of carbonyl (C=O) groups is 3. The number of rotatable bonds is 7. The molecule has 0 bridgehead atoms. The van der Waals surface area contributed by atoms with Crippen molar-refractivity contribution in [1.29, 1.82) is 0 Å². The zero-order chi connectivity index (χ0) is 28.6. The fourth-order valence-corrected chi connectivity index (χ4v) is 4.78. The molecule has 3 aromatic rings. The summed E-state index contributed by atoms with van der Waals surface area (Å²) in [6.45, 7) is 10.4. The quantitative estimate of drug-likeness (QED) is 0.377. The van der Waals surface area contributed by atoms with Gasteiger partial charge in [-0.3, -0.25) is 4.79 Å². The Bertz CT molecular complexity index is 1360. The van der Waals surface area contributed by atoms with Crippen LogP contribution in [0.1, 0.15) is 66.5 Å². The molecule has 0 aliphatic heterocycles. The van der Waals surface area contributed by atoms with Gasteiger partial charge in [0, 0.05) is 18.4 Å². The number of hydrogen-bond acceptors (Lipinski definition) is 6. The SMILES string of the molecule is CC(C)(C)OC(=O)N(CCC[C@H]1CC1(C(=O)O)c1cn(-c2ccc3ccccc3c2)cn1)C(=O)OC(C)(C)C. The van der Waals surface area contributed by atoms with Crippen molar-refractivity contribution < 1.29 is 29.0 Å². The van der Waals surface area contributed by atoms with Crippen LogP contribution in [-0.2, 0) is 19.7 Å². The minimum Gasteiger partial charge on any atom is -0.481 e. The number of hydrogen-bond donors (Lipinski definition) is 1. The first kappa shape index (κ1) is 28.1. The molecule has 1 saturated carbocycles. The van der Waals surface area contributed by atoms with Crippen molar-refractivity contribution >= 4 is 28.9 Å². The summed E-state index contributed by atoms with van der Waals surface area (Å²) in [5, 5.41) is 12.4. The Labute approximate surface area is 228 Å². The van der Waals surface area contributed by atoms with E-state index in [1.165, 1.54) is 0 Å². The molecule has 9 nitrogen and oxygen atoms in total. The predicted octanol–water partition coefficient (Wildman–Crippen LogP) is 6.32. The molecule has 39 heavy (non-hydrogen) atoms. The summed E-state index contributed by atoms with van der Waals surface area (Å²) in [6.07, 6.45) is 3.20. The second-order valence-electron chi connectivity index (χ2n) is 12.1. The van der Waals surface area contributed by atoms with Crippen LogP contribution >= 0.6 is 0 Å². The van der Waals surface area contributed by atoms with Gasteiger partial charge in [0.05, 0.1) is 12.0 Å². The fraction of sp³-hybridized carbons (Fsp3) is 0.467. The average molecular weight is 536 g/mol. The van der Waals surface area contributed by atoms with Gasteiger partial charge < -0.3 is 19.1 Å². The summed E-state index contributed by atoms with van der Waals surface area (Å²) in [4.78, 5) is 43.4. The molecule has 4 rings (SSSR count). The van der Waals surface area contributed by atoms with E-state index in [-0.39, 0.29) is 12.5 Å². The van der Waals surface area contributed by atoms with Crippen LogP contribution in [0.25, 0.3) is 16.5 Å². The first-order valence-electron chi connectivity index (χ1n) is 13.2. The van der Waals surface area contributed by atoms with Crippen LogP contribution in [-0.4, -0.2) is 55.5 Å². The number of nitrogens with zero attached hydrogens (tertiary/aromatic N) is 3. The van der Waals surface area contributed by atoms with Gasteiger partial charge in [-0.1, -0.05) is 30.3 Å². The van der Waals surface area contributed by atoms with E-state index >= 15 is 0 Å². The van der Waals surface area contributed by atoms with Crippen LogP contribution in [0.3, 0.4) is 0 Å². The fourth-order valence-electron chi connectivity index (χ4n) is 4.78. The zero-order valence-corrected chi connectivity index (χ0v) is 23.4. The maximum Gasteiger partial charge on any atom is 0.419 e. The number of aromatic nitrogens is 2. The van der Waals surface area contributed by atoms with Crippen molar-refractivity contribution in [1.82, 2.24) is 14.5 Å². The number of imide groups is 1. The topological polar surface area (TPSA) is 111 Å². The molecular weight excluding hydrogens is 498 g/mol. The van der Waals surface area contributed by atoms with Crippen LogP contribution in [0.15, 0.2) is 55.0 Å². The highest BCUT2D eigenvalue weighted by atomic mass is 16.6. The third kappa shape index (κ3) is 6.41. The number of aliphatic carboxylic acids is 1. The van der Waals surface area contributed by atoms with Crippen LogP contribution in [0, 0.1) is 5.92 Å². The van der Waals surface area contributed by atoms with E-state index in [9.17, 15) is 19.5 Å². The van der Waals surface area contributed by atoms with Crippen molar-refractivity contribution in [2.24, 2.45) is 5.92 Å². The summed E-state index contributed by atoms with van der Waals surface area (Å²) < 4.78 is 12.7. The largest absolute Gasteiger partial charge is 0.481 e.